The van der Waals surface area contributed by atoms with E-state index in [4.69, 9.17) is 9.26 Å². The third kappa shape index (κ3) is 5.92. The zero-order valence-corrected chi connectivity index (χ0v) is 20.7. The van der Waals surface area contributed by atoms with Gasteiger partial charge in [0.15, 0.2) is 5.69 Å². The van der Waals surface area contributed by atoms with Gasteiger partial charge in [-0.25, -0.2) is 0 Å². The Hall–Kier alpha value is -3.69. The van der Waals surface area contributed by atoms with Gasteiger partial charge in [0.2, 0.25) is 11.8 Å². The number of hydrogen-bond donors (Lipinski definition) is 2. The molecule has 2 aliphatic heterocycles. The van der Waals surface area contributed by atoms with Crippen molar-refractivity contribution in [3.05, 3.63) is 46.8 Å². The number of nitrogens with zero attached hydrogens (tertiary/aromatic N) is 2. The Balaban J connectivity index is 1.13. The van der Waals surface area contributed by atoms with E-state index in [9.17, 15) is 19.2 Å². The zero-order chi connectivity index (χ0) is 25.7. The number of aromatic nitrogens is 1. The molecule has 0 spiro atoms. The van der Waals surface area contributed by atoms with E-state index in [1.807, 2.05) is 19.9 Å². The molecule has 10 heteroatoms. The number of piperidine rings is 1. The van der Waals surface area contributed by atoms with Crippen LogP contribution in [0.4, 0.5) is 0 Å². The maximum atomic E-state index is 12.8. The smallest absolute Gasteiger partial charge is 0.273 e. The maximum absolute atomic E-state index is 12.8. The van der Waals surface area contributed by atoms with Crippen molar-refractivity contribution in [1.29, 1.82) is 0 Å². The Morgan fingerprint density at radius 2 is 2.00 bits per heavy atom. The van der Waals surface area contributed by atoms with Crippen LogP contribution in [0, 0.1) is 0 Å². The van der Waals surface area contributed by atoms with Gasteiger partial charge in [-0.3, -0.25) is 24.5 Å². The molecule has 192 valence electrons. The summed E-state index contributed by atoms with van der Waals surface area (Å²) in [5, 5.41) is 8.98. The van der Waals surface area contributed by atoms with Crippen LogP contribution in [0.1, 0.15) is 90.5 Å². The van der Waals surface area contributed by atoms with Gasteiger partial charge in [0.25, 0.3) is 11.8 Å². The summed E-state index contributed by atoms with van der Waals surface area (Å²) in [6, 6.07) is 6.42. The molecule has 3 heterocycles. The highest BCUT2D eigenvalue weighted by Crippen LogP contribution is 2.30. The summed E-state index contributed by atoms with van der Waals surface area (Å²) in [5.74, 6) is 0.443. The SMILES string of the molecule is CC(C)c1cc(C(=O)NCCCCCCOc2ccc3c(c2)CN(C2CCC(=O)NC2=O)C3=O)no1. The summed E-state index contributed by atoms with van der Waals surface area (Å²) in [6.45, 7) is 5.42. The average molecular weight is 497 g/mol. The summed E-state index contributed by atoms with van der Waals surface area (Å²) in [4.78, 5) is 50.0. The number of imide groups is 1. The van der Waals surface area contributed by atoms with E-state index in [0.717, 1.165) is 31.2 Å². The first kappa shape index (κ1) is 25.4. The fourth-order valence-electron chi connectivity index (χ4n) is 4.37. The quantitative estimate of drug-likeness (QED) is 0.361. The fourth-order valence-corrected chi connectivity index (χ4v) is 4.37. The van der Waals surface area contributed by atoms with Crippen LogP contribution < -0.4 is 15.4 Å². The lowest BCUT2D eigenvalue weighted by molar-refractivity contribution is -0.136. The summed E-state index contributed by atoms with van der Waals surface area (Å²) in [6.07, 6.45) is 4.23. The Morgan fingerprint density at radius 1 is 1.19 bits per heavy atom. The molecule has 1 atom stereocenters. The minimum atomic E-state index is -0.620. The minimum absolute atomic E-state index is 0.188. The van der Waals surface area contributed by atoms with E-state index in [0.29, 0.717) is 48.9 Å². The number of carbonyl (C=O) groups excluding carboxylic acids is 4. The first-order valence-corrected chi connectivity index (χ1v) is 12.5. The van der Waals surface area contributed by atoms with E-state index < -0.39 is 11.9 Å². The summed E-state index contributed by atoms with van der Waals surface area (Å²) >= 11 is 0. The number of rotatable bonds is 11. The van der Waals surface area contributed by atoms with Gasteiger partial charge in [0, 0.05) is 37.1 Å². The van der Waals surface area contributed by atoms with Crippen LogP contribution in [-0.4, -0.2) is 52.9 Å². The largest absolute Gasteiger partial charge is 0.494 e. The summed E-state index contributed by atoms with van der Waals surface area (Å²) in [7, 11) is 0. The van der Waals surface area contributed by atoms with Crippen LogP contribution in [0.15, 0.2) is 28.8 Å². The molecular formula is C26H32N4O6. The second kappa shape index (κ2) is 11.4. The van der Waals surface area contributed by atoms with Crippen molar-refractivity contribution in [3.63, 3.8) is 0 Å². The molecule has 2 aliphatic rings. The average Bonchev–Trinajstić information content (AvgIpc) is 3.46. The number of hydrogen-bond acceptors (Lipinski definition) is 7. The number of nitrogens with one attached hydrogen (secondary N) is 2. The highest BCUT2D eigenvalue weighted by atomic mass is 16.5. The first-order chi connectivity index (χ1) is 17.3. The van der Waals surface area contributed by atoms with E-state index >= 15 is 0 Å². The number of carbonyl (C=O) groups is 4. The summed E-state index contributed by atoms with van der Waals surface area (Å²) in [5.41, 5.74) is 1.70. The second-order valence-electron chi connectivity index (χ2n) is 9.51. The van der Waals surface area contributed by atoms with Gasteiger partial charge in [-0.2, -0.15) is 0 Å². The van der Waals surface area contributed by atoms with E-state index in [1.165, 1.54) is 4.90 Å². The molecule has 0 radical (unpaired) electrons. The Morgan fingerprint density at radius 3 is 2.75 bits per heavy atom. The molecule has 0 bridgehead atoms. The molecule has 36 heavy (non-hydrogen) atoms. The van der Waals surface area contributed by atoms with Gasteiger partial charge in [-0.1, -0.05) is 31.8 Å². The third-order valence-electron chi connectivity index (χ3n) is 6.45. The maximum Gasteiger partial charge on any atom is 0.273 e. The minimum Gasteiger partial charge on any atom is -0.494 e. The molecule has 1 saturated heterocycles. The predicted octanol–water partition coefficient (Wildman–Crippen LogP) is 2.93. The summed E-state index contributed by atoms with van der Waals surface area (Å²) < 4.78 is 11.0. The van der Waals surface area contributed by atoms with Crippen molar-refractivity contribution in [2.75, 3.05) is 13.2 Å². The van der Waals surface area contributed by atoms with Crippen LogP contribution in [0.25, 0.3) is 0 Å². The van der Waals surface area contributed by atoms with Gasteiger partial charge in [-0.15, -0.1) is 0 Å². The topological polar surface area (TPSA) is 131 Å². The fraction of sp³-hybridized carbons (Fsp3) is 0.500. The standard InChI is InChI=1S/C26H32N4O6/c1-16(2)22-14-20(29-36-22)24(32)27-11-5-3-4-6-12-35-18-7-8-19-17(13-18)15-30(26(19)34)21-9-10-23(31)28-25(21)33/h7-8,13-14,16,21H,3-6,9-12,15H2,1-2H3,(H,27,32)(H,28,31,33). The highest BCUT2D eigenvalue weighted by Gasteiger charge is 2.39. The van der Waals surface area contributed by atoms with Gasteiger partial charge in [0.1, 0.15) is 17.6 Å². The van der Waals surface area contributed by atoms with Crippen LogP contribution in [0.3, 0.4) is 0 Å². The Kier molecular flexibility index (Phi) is 8.02. The molecule has 0 saturated carbocycles. The van der Waals surface area contributed by atoms with Crippen molar-refractivity contribution in [3.8, 4) is 5.75 Å². The number of unbranched alkanes of at least 4 members (excludes halogenated alkanes) is 3. The molecule has 0 aliphatic carbocycles. The second-order valence-corrected chi connectivity index (χ2v) is 9.51. The van der Waals surface area contributed by atoms with Gasteiger partial charge in [0.05, 0.1) is 6.61 Å². The van der Waals surface area contributed by atoms with Crippen molar-refractivity contribution in [2.45, 2.75) is 70.9 Å². The van der Waals surface area contributed by atoms with Crippen LogP contribution >= 0.6 is 0 Å². The molecule has 2 N–H and O–H groups in total. The van der Waals surface area contributed by atoms with Crippen molar-refractivity contribution < 1.29 is 28.4 Å². The van der Waals surface area contributed by atoms with Gasteiger partial charge >= 0.3 is 0 Å². The number of ether oxygens (including phenoxy) is 1. The molecular weight excluding hydrogens is 464 g/mol. The molecule has 4 amide bonds. The number of amides is 4. The predicted molar refractivity (Wildman–Crippen MR) is 129 cm³/mol. The third-order valence-corrected chi connectivity index (χ3v) is 6.45. The van der Waals surface area contributed by atoms with Crippen molar-refractivity contribution in [1.82, 2.24) is 20.7 Å². The normalized spacial score (nSPS) is 17.4. The van der Waals surface area contributed by atoms with Gasteiger partial charge < -0.3 is 19.5 Å². The lowest BCUT2D eigenvalue weighted by Crippen LogP contribution is -2.52. The monoisotopic (exact) mass is 496 g/mol. The van der Waals surface area contributed by atoms with E-state index in [2.05, 4.69) is 15.8 Å². The lowest BCUT2D eigenvalue weighted by Gasteiger charge is -2.29. The molecule has 1 unspecified atom stereocenters. The van der Waals surface area contributed by atoms with Crippen LogP contribution in [0.5, 0.6) is 5.75 Å². The Bertz CT molecular complexity index is 1140. The highest BCUT2D eigenvalue weighted by molar-refractivity contribution is 6.05. The van der Waals surface area contributed by atoms with Gasteiger partial charge in [-0.05, 0) is 43.0 Å². The van der Waals surface area contributed by atoms with E-state index in [-0.39, 0.29) is 30.1 Å². The molecule has 1 aromatic heterocycles. The molecule has 1 fully saturated rings. The molecule has 2 aromatic rings. The molecule has 1 aromatic carbocycles. The van der Waals surface area contributed by atoms with Crippen molar-refractivity contribution >= 4 is 23.6 Å². The zero-order valence-electron chi connectivity index (χ0n) is 20.7. The van der Waals surface area contributed by atoms with Crippen LogP contribution in [0.2, 0.25) is 0 Å². The molecule has 4 rings (SSSR count). The van der Waals surface area contributed by atoms with Crippen molar-refractivity contribution in [2.24, 2.45) is 0 Å². The Labute approximate surface area is 209 Å². The number of fused-ring (bicyclic) bond motifs is 1. The number of benzene rings is 1. The molecule has 10 nitrogen and oxygen atoms in total. The van der Waals surface area contributed by atoms with E-state index in [1.54, 1.807) is 18.2 Å². The van der Waals surface area contributed by atoms with Crippen LogP contribution in [-0.2, 0) is 16.1 Å². The first-order valence-electron chi connectivity index (χ1n) is 12.5. The lowest BCUT2D eigenvalue weighted by atomic mass is 10.0.